The average Bonchev–Trinajstić information content (AvgIpc) is 2.26. The number of amides is 1. The van der Waals surface area contributed by atoms with Gasteiger partial charge in [0.1, 0.15) is 0 Å². The number of rotatable bonds is 5. The maximum Gasteiger partial charge on any atom is 0.251 e. The highest BCUT2D eigenvalue weighted by Crippen LogP contribution is 2.12. The first-order valence-corrected chi connectivity index (χ1v) is 7.16. The van der Waals surface area contributed by atoms with Crippen molar-refractivity contribution in [2.45, 2.75) is 13.3 Å². The summed E-state index contributed by atoms with van der Waals surface area (Å²) in [6.45, 7) is 2.08. The van der Waals surface area contributed by atoms with Crippen LogP contribution in [0.1, 0.15) is 22.3 Å². The van der Waals surface area contributed by atoms with Crippen molar-refractivity contribution >= 4 is 21.6 Å². The van der Waals surface area contributed by atoms with Gasteiger partial charge in [-0.3, -0.25) is 4.79 Å². The monoisotopic (exact) mass is 271 g/mol. The van der Waals surface area contributed by atoms with Gasteiger partial charge in [-0.15, -0.1) is 0 Å². The van der Waals surface area contributed by atoms with Crippen molar-refractivity contribution in [3.63, 3.8) is 0 Å². The average molecular weight is 271 g/mol. The number of carbonyl (C=O) groups is 1. The Bertz CT molecular complexity index is 540. The molecule has 0 aliphatic heterocycles. The molecule has 0 aliphatic carbocycles. The molecule has 1 aromatic rings. The second-order valence-electron chi connectivity index (χ2n) is 4.05. The molecule has 0 saturated heterocycles. The lowest BCUT2D eigenvalue weighted by Crippen LogP contribution is -2.27. The van der Waals surface area contributed by atoms with Crippen LogP contribution in [0.25, 0.3) is 0 Å². The molecule has 1 amide bonds. The zero-order valence-electron chi connectivity index (χ0n) is 10.1. The van der Waals surface area contributed by atoms with Crippen LogP contribution < -0.4 is 16.2 Å². The van der Waals surface area contributed by atoms with Gasteiger partial charge in [-0.2, -0.15) is 0 Å². The molecule has 0 fully saturated rings. The molecule has 0 aliphatic rings. The molecule has 1 rings (SSSR count). The number of hydrogen-bond acceptors (Lipinski definition) is 4. The van der Waals surface area contributed by atoms with Gasteiger partial charge in [0.25, 0.3) is 5.91 Å². The van der Waals surface area contributed by atoms with Crippen LogP contribution in [0.5, 0.6) is 0 Å². The number of primary sulfonamides is 1. The lowest BCUT2D eigenvalue weighted by molar-refractivity contribution is 0.0953. The lowest BCUT2D eigenvalue weighted by atomic mass is 10.1. The summed E-state index contributed by atoms with van der Waals surface area (Å²) in [5, 5.41) is 7.46. The Morgan fingerprint density at radius 3 is 2.61 bits per heavy atom. The minimum absolute atomic E-state index is 0.145. The maximum absolute atomic E-state index is 11.7. The van der Waals surface area contributed by atoms with Gasteiger partial charge < -0.3 is 11.1 Å². The number of carbonyl (C=O) groups excluding carboxylic acids is 1. The van der Waals surface area contributed by atoms with Gasteiger partial charge >= 0.3 is 0 Å². The number of nitrogen functional groups attached to an aromatic ring is 1. The third-order valence-corrected chi connectivity index (χ3v) is 3.28. The Kier molecular flexibility index (Phi) is 4.69. The van der Waals surface area contributed by atoms with E-state index in [1.165, 1.54) is 0 Å². The predicted molar refractivity (Wildman–Crippen MR) is 70.5 cm³/mol. The smallest absolute Gasteiger partial charge is 0.251 e. The van der Waals surface area contributed by atoms with Gasteiger partial charge in [-0.05, 0) is 37.1 Å². The fraction of sp³-hybridized carbons (Fsp3) is 0.364. The second-order valence-corrected chi connectivity index (χ2v) is 5.78. The zero-order chi connectivity index (χ0) is 13.8. The van der Waals surface area contributed by atoms with Crippen LogP contribution in [-0.2, 0) is 10.0 Å². The molecule has 7 heteroatoms. The normalized spacial score (nSPS) is 11.2. The van der Waals surface area contributed by atoms with E-state index >= 15 is 0 Å². The van der Waals surface area contributed by atoms with E-state index in [-0.39, 0.29) is 18.2 Å². The number of aryl methyl sites for hydroxylation is 1. The number of nitrogens with one attached hydrogen (secondary N) is 1. The van der Waals surface area contributed by atoms with Gasteiger partial charge in [0.2, 0.25) is 10.0 Å². The standard InChI is InChI=1S/C11H17N3O3S/c1-8-7-9(3-4-10(8)12)11(15)14-5-2-6-18(13,16)17/h3-4,7H,2,5-6,12H2,1H3,(H,14,15)(H2,13,16,17). The summed E-state index contributed by atoms with van der Waals surface area (Å²) in [5.74, 6) is -0.402. The Hall–Kier alpha value is -1.60. The first-order valence-electron chi connectivity index (χ1n) is 5.44. The fourth-order valence-corrected chi connectivity index (χ4v) is 1.94. The van der Waals surface area contributed by atoms with Crippen molar-refractivity contribution in [1.82, 2.24) is 5.32 Å². The van der Waals surface area contributed by atoms with Gasteiger partial charge in [0.15, 0.2) is 0 Å². The van der Waals surface area contributed by atoms with E-state index < -0.39 is 10.0 Å². The summed E-state index contributed by atoms with van der Waals surface area (Å²) in [6.07, 6.45) is 0.290. The Labute approximate surface area is 106 Å². The van der Waals surface area contributed by atoms with Crippen LogP contribution >= 0.6 is 0 Å². The minimum atomic E-state index is -3.47. The molecule has 0 aromatic heterocycles. The maximum atomic E-state index is 11.7. The molecule has 0 atom stereocenters. The van der Waals surface area contributed by atoms with E-state index in [1.807, 2.05) is 6.92 Å². The largest absolute Gasteiger partial charge is 0.399 e. The van der Waals surface area contributed by atoms with Crippen molar-refractivity contribution in [2.75, 3.05) is 18.0 Å². The number of anilines is 1. The summed E-state index contributed by atoms with van der Waals surface area (Å²) in [7, 11) is -3.47. The van der Waals surface area contributed by atoms with E-state index in [0.29, 0.717) is 17.7 Å². The number of nitrogens with two attached hydrogens (primary N) is 2. The Balaban J connectivity index is 2.48. The Morgan fingerprint density at radius 2 is 2.06 bits per heavy atom. The molecule has 0 unspecified atom stereocenters. The summed E-state index contributed by atoms with van der Waals surface area (Å²) in [5.41, 5.74) is 7.60. The minimum Gasteiger partial charge on any atom is -0.399 e. The third kappa shape index (κ3) is 4.72. The highest BCUT2D eigenvalue weighted by molar-refractivity contribution is 7.89. The van der Waals surface area contributed by atoms with Crippen LogP contribution in [0.3, 0.4) is 0 Å². The number of sulfonamides is 1. The van der Waals surface area contributed by atoms with E-state index in [9.17, 15) is 13.2 Å². The topological polar surface area (TPSA) is 115 Å². The lowest BCUT2D eigenvalue weighted by Gasteiger charge is -2.06. The van der Waals surface area contributed by atoms with Gasteiger partial charge in [-0.25, -0.2) is 13.6 Å². The van der Waals surface area contributed by atoms with Crippen molar-refractivity contribution < 1.29 is 13.2 Å². The number of hydrogen-bond donors (Lipinski definition) is 3. The van der Waals surface area contributed by atoms with Crippen molar-refractivity contribution in [2.24, 2.45) is 5.14 Å². The molecule has 0 heterocycles. The van der Waals surface area contributed by atoms with E-state index in [1.54, 1.807) is 18.2 Å². The van der Waals surface area contributed by atoms with Gasteiger partial charge in [0.05, 0.1) is 5.75 Å². The molecule has 6 nitrogen and oxygen atoms in total. The van der Waals surface area contributed by atoms with Crippen LogP contribution in [0.4, 0.5) is 5.69 Å². The second kappa shape index (κ2) is 5.83. The molecule has 1 aromatic carbocycles. The molecule has 0 spiro atoms. The number of benzene rings is 1. The molecule has 0 radical (unpaired) electrons. The predicted octanol–water partition coefficient (Wildman–Crippen LogP) is -0.0144. The van der Waals surface area contributed by atoms with Crippen LogP contribution in [0, 0.1) is 6.92 Å². The van der Waals surface area contributed by atoms with Gasteiger partial charge in [-0.1, -0.05) is 0 Å². The summed E-state index contributed by atoms with van der Waals surface area (Å²) in [4.78, 5) is 11.7. The fourth-order valence-electron chi connectivity index (χ4n) is 1.39. The molecular formula is C11H17N3O3S. The van der Waals surface area contributed by atoms with Crippen LogP contribution in [0.2, 0.25) is 0 Å². The summed E-state index contributed by atoms with van der Waals surface area (Å²) < 4.78 is 21.4. The van der Waals surface area contributed by atoms with Crippen LogP contribution in [-0.4, -0.2) is 26.6 Å². The molecule has 5 N–H and O–H groups in total. The SMILES string of the molecule is Cc1cc(C(=O)NCCCS(N)(=O)=O)ccc1N. The van der Waals surface area contributed by atoms with Crippen molar-refractivity contribution in [3.05, 3.63) is 29.3 Å². The highest BCUT2D eigenvalue weighted by Gasteiger charge is 2.07. The first kappa shape index (κ1) is 14.5. The summed E-state index contributed by atoms with van der Waals surface area (Å²) in [6, 6.07) is 4.97. The molecule has 18 heavy (non-hydrogen) atoms. The van der Waals surface area contributed by atoms with E-state index in [2.05, 4.69) is 5.32 Å². The quantitative estimate of drug-likeness (QED) is 0.515. The van der Waals surface area contributed by atoms with Crippen molar-refractivity contribution in [1.29, 1.82) is 0 Å². The first-order chi connectivity index (χ1) is 8.29. The molecule has 0 bridgehead atoms. The van der Waals surface area contributed by atoms with E-state index in [4.69, 9.17) is 10.9 Å². The highest BCUT2D eigenvalue weighted by atomic mass is 32.2. The van der Waals surface area contributed by atoms with Crippen molar-refractivity contribution in [3.8, 4) is 0 Å². The third-order valence-electron chi connectivity index (χ3n) is 2.42. The van der Waals surface area contributed by atoms with E-state index in [0.717, 1.165) is 5.56 Å². The molecule has 100 valence electrons. The zero-order valence-corrected chi connectivity index (χ0v) is 11.0. The molecular weight excluding hydrogens is 254 g/mol. The van der Waals surface area contributed by atoms with Crippen LogP contribution in [0.15, 0.2) is 18.2 Å². The van der Waals surface area contributed by atoms with Gasteiger partial charge in [0, 0.05) is 17.8 Å². The molecule has 0 saturated carbocycles. The Morgan fingerprint density at radius 1 is 1.39 bits per heavy atom. The summed E-state index contributed by atoms with van der Waals surface area (Å²) >= 11 is 0.